The lowest BCUT2D eigenvalue weighted by Crippen LogP contribution is -2.16. The van der Waals surface area contributed by atoms with Crippen molar-refractivity contribution in [3.63, 3.8) is 0 Å². The normalized spacial score (nSPS) is 11.8. The number of anilines is 1. The summed E-state index contributed by atoms with van der Waals surface area (Å²) in [5, 5.41) is 12.8. The van der Waals surface area contributed by atoms with Gasteiger partial charge in [-0.3, -0.25) is 4.72 Å². The van der Waals surface area contributed by atoms with E-state index in [4.69, 9.17) is 5.11 Å². The monoisotopic (exact) mass is 298 g/mol. The van der Waals surface area contributed by atoms with Gasteiger partial charge in [0.25, 0.3) is 10.0 Å². The van der Waals surface area contributed by atoms with Gasteiger partial charge in [-0.25, -0.2) is 17.9 Å². The topological polar surface area (TPSA) is 117 Å². The number of rotatable bonds is 5. The van der Waals surface area contributed by atoms with Crippen LogP contribution in [0.2, 0.25) is 0 Å². The van der Waals surface area contributed by atoms with Gasteiger partial charge in [0.1, 0.15) is 16.4 Å². The summed E-state index contributed by atoms with van der Waals surface area (Å²) >= 11 is 0. The Labute approximate surface area is 115 Å². The lowest BCUT2D eigenvalue weighted by atomic mass is 10.4. The first-order valence-corrected chi connectivity index (χ1v) is 7.27. The number of nitrogens with one attached hydrogen (secondary N) is 2. The average molecular weight is 298 g/mol. The number of aromatic amines is 1. The summed E-state index contributed by atoms with van der Waals surface area (Å²) in [5.41, 5.74) is -0.192. The molecule has 9 heteroatoms. The van der Waals surface area contributed by atoms with Crippen LogP contribution >= 0.6 is 0 Å². The van der Waals surface area contributed by atoms with E-state index in [2.05, 4.69) is 14.8 Å². The van der Waals surface area contributed by atoms with Crippen LogP contribution in [0.5, 0.6) is 0 Å². The minimum atomic E-state index is -3.86. The molecule has 3 N–H and O–H groups in total. The first-order valence-electron chi connectivity index (χ1n) is 5.79. The summed E-state index contributed by atoms with van der Waals surface area (Å²) in [6, 6.07) is 2.58. The number of nitrogens with zero attached hydrogens (tertiary/aromatic N) is 2. The molecular formula is C11H14N4O4S. The van der Waals surface area contributed by atoms with Crippen molar-refractivity contribution >= 4 is 21.8 Å². The van der Waals surface area contributed by atoms with Crippen LogP contribution in [0.3, 0.4) is 0 Å². The fraction of sp³-hybridized carbons (Fsp3) is 0.273. The molecule has 0 amide bonds. The Kier molecular flexibility index (Phi) is 3.53. The summed E-state index contributed by atoms with van der Waals surface area (Å²) in [4.78, 5) is 13.0. The smallest absolute Gasteiger partial charge is 0.352 e. The van der Waals surface area contributed by atoms with E-state index in [0.717, 1.165) is 12.3 Å². The van der Waals surface area contributed by atoms with Crippen LogP contribution in [0, 0.1) is 0 Å². The summed E-state index contributed by atoms with van der Waals surface area (Å²) in [6.07, 6.45) is 2.61. The lowest BCUT2D eigenvalue weighted by Gasteiger charge is -2.12. The average Bonchev–Trinajstić information content (AvgIpc) is 2.95. The summed E-state index contributed by atoms with van der Waals surface area (Å²) < 4.78 is 28.2. The zero-order valence-electron chi connectivity index (χ0n) is 10.9. The van der Waals surface area contributed by atoms with Crippen molar-refractivity contribution in [2.75, 3.05) is 4.72 Å². The molecule has 0 aliphatic rings. The van der Waals surface area contributed by atoms with Gasteiger partial charge in [-0.1, -0.05) is 0 Å². The molecule has 2 aromatic rings. The number of aromatic carboxylic acids is 1. The molecule has 2 aromatic heterocycles. The Balaban J connectivity index is 2.31. The van der Waals surface area contributed by atoms with Gasteiger partial charge < -0.3 is 10.1 Å². The minimum Gasteiger partial charge on any atom is -0.477 e. The van der Waals surface area contributed by atoms with Gasteiger partial charge in [-0.2, -0.15) is 5.10 Å². The fourth-order valence-electron chi connectivity index (χ4n) is 1.66. The van der Waals surface area contributed by atoms with Crippen molar-refractivity contribution in [2.24, 2.45) is 0 Å². The van der Waals surface area contributed by atoms with Crippen molar-refractivity contribution in [3.05, 3.63) is 30.2 Å². The van der Waals surface area contributed by atoms with Crippen LogP contribution < -0.4 is 4.72 Å². The predicted molar refractivity (Wildman–Crippen MR) is 71.2 cm³/mol. The molecule has 2 rings (SSSR count). The Bertz CT molecular complexity index is 729. The number of aromatic nitrogens is 3. The van der Waals surface area contributed by atoms with Crippen LogP contribution in [0.25, 0.3) is 0 Å². The second kappa shape index (κ2) is 5.00. The van der Waals surface area contributed by atoms with Crippen LogP contribution in [-0.4, -0.2) is 34.3 Å². The van der Waals surface area contributed by atoms with Crippen LogP contribution in [0.4, 0.5) is 5.82 Å². The van der Waals surface area contributed by atoms with Gasteiger partial charge in [-0.15, -0.1) is 0 Å². The maximum Gasteiger partial charge on any atom is 0.352 e. The van der Waals surface area contributed by atoms with Gasteiger partial charge in [0.05, 0.1) is 6.20 Å². The highest BCUT2D eigenvalue weighted by molar-refractivity contribution is 7.92. The number of carbonyl (C=O) groups is 1. The third kappa shape index (κ3) is 2.67. The number of hydrogen-bond acceptors (Lipinski definition) is 4. The SMILES string of the molecule is CC(C)n1nccc1NS(=O)(=O)c1c[nH]c(C(=O)O)c1. The number of carboxylic acid groups (broad SMARTS) is 1. The van der Waals surface area contributed by atoms with Gasteiger partial charge in [-0.05, 0) is 19.9 Å². The van der Waals surface area contributed by atoms with E-state index in [1.165, 1.54) is 16.9 Å². The van der Waals surface area contributed by atoms with Crippen molar-refractivity contribution in [1.82, 2.24) is 14.8 Å². The van der Waals surface area contributed by atoms with Crippen molar-refractivity contribution in [1.29, 1.82) is 0 Å². The number of hydrogen-bond donors (Lipinski definition) is 3. The molecule has 0 radical (unpaired) electrons. The third-order valence-electron chi connectivity index (χ3n) is 2.60. The fourth-order valence-corrected chi connectivity index (χ4v) is 2.70. The van der Waals surface area contributed by atoms with Crippen molar-refractivity contribution < 1.29 is 18.3 Å². The molecule has 108 valence electrons. The van der Waals surface area contributed by atoms with Gasteiger partial charge in [0, 0.05) is 18.3 Å². The molecule has 20 heavy (non-hydrogen) atoms. The molecule has 0 spiro atoms. The molecule has 0 aliphatic heterocycles. The third-order valence-corrected chi connectivity index (χ3v) is 3.93. The standard InChI is InChI=1S/C11H14N4O4S/c1-7(2)15-10(3-4-13-15)14-20(18,19)8-5-9(11(16)17)12-6-8/h3-7,12,14H,1-2H3,(H,16,17). The Hall–Kier alpha value is -2.29. The molecule has 0 bridgehead atoms. The largest absolute Gasteiger partial charge is 0.477 e. The summed E-state index contributed by atoms with van der Waals surface area (Å²) in [6.45, 7) is 3.73. The van der Waals surface area contributed by atoms with Crippen molar-refractivity contribution in [3.8, 4) is 0 Å². The molecular weight excluding hydrogens is 284 g/mol. The van der Waals surface area contributed by atoms with Crippen LogP contribution in [-0.2, 0) is 10.0 Å². The quantitative estimate of drug-likeness (QED) is 0.769. The first kappa shape index (κ1) is 14.1. The zero-order chi connectivity index (χ0) is 14.9. The Morgan fingerprint density at radius 3 is 2.75 bits per heavy atom. The van der Waals surface area contributed by atoms with Gasteiger partial charge in [0.15, 0.2) is 0 Å². The van der Waals surface area contributed by atoms with Crippen LogP contribution in [0.15, 0.2) is 29.4 Å². The Morgan fingerprint density at radius 1 is 1.50 bits per heavy atom. The minimum absolute atomic E-state index is 0.0106. The molecule has 0 aromatic carbocycles. The number of carboxylic acids is 1. The number of H-pyrrole nitrogens is 1. The van der Waals surface area contributed by atoms with E-state index in [1.807, 2.05) is 13.8 Å². The predicted octanol–water partition coefficient (Wildman–Crippen LogP) is 1.29. The van der Waals surface area contributed by atoms with E-state index >= 15 is 0 Å². The molecule has 0 saturated carbocycles. The summed E-state index contributed by atoms with van der Waals surface area (Å²) in [7, 11) is -3.86. The molecule has 0 saturated heterocycles. The van der Waals surface area contributed by atoms with E-state index in [1.54, 1.807) is 0 Å². The maximum absolute atomic E-state index is 12.1. The van der Waals surface area contributed by atoms with E-state index in [0.29, 0.717) is 5.82 Å². The first-order chi connectivity index (χ1) is 9.31. The van der Waals surface area contributed by atoms with Gasteiger partial charge in [0.2, 0.25) is 0 Å². The van der Waals surface area contributed by atoms with Gasteiger partial charge >= 0.3 is 5.97 Å². The second-order valence-corrected chi connectivity index (χ2v) is 6.10. The molecule has 2 heterocycles. The zero-order valence-corrected chi connectivity index (χ0v) is 11.7. The highest BCUT2D eigenvalue weighted by Gasteiger charge is 2.20. The highest BCUT2D eigenvalue weighted by atomic mass is 32.2. The Morgan fingerprint density at radius 2 is 2.20 bits per heavy atom. The van der Waals surface area contributed by atoms with Crippen LogP contribution in [0.1, 0.15) is 30.4 Å². The molecule has 0 aliphatic carbocycles. The second-order valence-electron chi connectivity index (χ2n) is 4.41. The van der Waals surface area contributed by atoms with E-state index in [9.17, 15) is 13.2 Å². The lowest BCUT2D eigenvalue weighted by molar-refractivity contribution is 0.0691. The summed E-state index contributed by atoms with van der Waals surface area (Å²) in [5.74, 6) is -0.906. The maximum atomic E-state index is 12.1. The molecule has 0 fully saturated rings. The molecule has 0 atom stereocenters. The molecule has 8 nitrogen and oxygen atoms in total. The van der Waals surface area contributed by atoms with E-state index in [-0.39, 0.29) is 16.6 Å². The highest BCUT2D eigenvalue weighted by Crippen LogP contribution is 2.19. The number of sulfonamides is 1. The van der Waals surface area contributed by atoms with E-state index < -0.39 is 16.0 Å². The molecule has 0 unspecified atom stereocenters. The van der Waals surface area contributed by atoms with Crippen molar-refractivity contribution in [2.45, 2.75) is 24.8 Å².